The van der Waals surface area contributed by atoms with Gasteiger partial charge < -0.3 is 23.7 Å². The maximum absolute atomic E-state index is 6.04. The number of hydrogen-bond donors (Lipinski definition) is 0. The zero-order valence-electron chi connectivity index (χ0n) is 21.5. The third-order valence-corrected chi connectivity index (χ3v) is 5.89. The van der Waals surface area contributed by atoms with Crippen LogP contribution in [0.25, 0.3) is 6.08 Å². The van der Waals surface area contributed by atoms with Gasteiger partial charge in [0.15, 0.2) is 23.0 Å². The summed E-state index contributed by atoms with van der Waals surface area (Å²) >= 11 is 0. The number of benzene rings is 4. The van der Waals surface area contributed by atoms with Gasteiger partial charge in [0.1, 0.15) is 13.2 Å². The molecular formula is C32H32O5. The summed E-state index contributed by atoms with van der Waals surface area (Å²) < 4.78 is 29.1. The molecule has 0 spiro atoms. The number of para-hydroxylation sites is 1. The molecule has 0 fully saturated rings. The van der Waals surface area contributed by atoms with E-state index in [1.165, 1.54) is 0 Å². The standard InChI is InChI=1S/C32H32O5/c1-33-30-26(18-11-19-28(30)36-22-24-12-6-4-7-13-24)16-10-17-27-20-21-29(32(35-3)31(27)34-2)37-23-25-14-8-5-9-15-25/h4-16,18-21H,17,22-23H2,1-3H3/b16-10+. The van der Waals surface area contributed by atoms with Crippen molar-refractivity contribution in [2.75, 3.05) is 21.3 Å². The van der Waals surface area contributed by atoms with E-state index in [1.54, 1.807) is 21.3 Å². The van der Waals surface area contributed by atoms with E-state index in [-0.39, 0.29) is 0 Å². The van der Waals surface area contributed by atoms with Crippen molar-refractivity contribution >= 4 is 6.08 Å². The lowest BCUT2D eigenvalue weighted by Crippen LogP contribution is -2.01. The van der Waals surface area contributed by atoms with Crippen LogP contribution >= 0.6 is 0 Å². The van der Waals surface area contributed by atoms with Crippen LogP contribution in [0.5, 0.6) is 28.7 Å². The molecule has 0 heterocycles. The minimum Gasteiger partial charge on any atom is -0.492 e. The second-order valence-electron chi connectivity index (χ2n) is 8.32. The highest BCUT2D eigenvalue weighted by Gasteiger charge is 2.16. The summed E-state index contributed by atoms with van der Waals surface area (Å²) in [6.07, 6.45) is 4.73. The minimum atomic E-state index is 0.447. The van der Waals surface area contributed by atoms with Crippen LogP contribution in [0.15, 0.2) is 97.1 Å². The van der Waals surface area contributed by atoms with Crippen LogP contribution in [0.1, 0.15) is 22.3 Å². The fourth-order valence-electron chi connectivity index (χ4n) is 4.06. The lowest BCUT2D eigenvalue weighted by molar-refractivity contribution is 0.275. The Hall–Kier alpha value is -4.38. The van der Waals surface area contributed by atoms with Crippen molar-refractivity contribution in [3.8, 4) is 28.7 Å². The Kier molecular flexibility index (Phi) is 9.08. The molecule has 0 atom stereocenters. The number of ether oxygens (including phenoxy) is 5. The molecule has 0 N–H and O–H groups in total. The predicted octanol–water partition coefficient (Wildman–Crippen LogP) is 7.13. The summed E-state index contributed by atoms with van der Waals surface area (Å²) in [5.74, 6) is 3.28. The van der Waals surface area contributed by atoms with Gasteiger partial charge in [0.25, 0.3) is 0 Å². The minimum absolute atomic E-state index is 0.447. The zero-order chi connectivity index (χ0) is 25.9. The van der Waals surface area contributed by atoms with Crippen molar-refractivity contribution in [3.05, 3.63) is 119 Å². The molecule has 0 aliphatic heterocycles. The van der Waals surface area contributed by atoms with E-state index in [0.29, 0.717) is 48.4 Å². The molecular weight excluding hydrogens is 464 g/mol. The van der Waals surface area contributed by atoms with E-state index in [4.69, 9.17) is 23.7 Å². The highest BCUT2D eigenvalue weighted by Crippen LogP contribution is 2.41. The summed E-state index contributed by atoms with van der Waals surface area (Å²) in [5, 5.41) is 0. The molecule has 0 saturated heterocycles. The van der Waals surface area contributed by atoms with Crippen molar-refractivity contribution in [2.24, 2.45) is 0 Å². The first kappa shape index (κ1) is 25.7. The van der Waals surface area contributed by atoms with E-state index in [1.807, 2.05) is 97.1 Å². The molecule has 0 radical (unpaired) electrons. The topological polar surface area (TPSA) is 46.2 Å². The summed E-state index contributed by atoms with van der Waals surface area (Å²) in [6, 6.07) is 29.9. The molecule has 0 saturated carbocycles. The van der Waals surface area contributed by atoms with E-state index in [0.717, 1.165) is 22.3 Å². The molecule has 37 heavy (non-hydrogen) atoms. The van der Waals surface area contributed by atoms with Crippen molar-refractivity contribution in [3.63, 3.8) is 0 Å². The normalized spacial score (nSPS) is 10.8. The van der Waals surface area contributed by atoms with Crippen LogP contribution in [0.2, 0.25) is 0 Å². The van der Waals surface area contributed by atoms with Crippen molar-refractivity contribution in [2.45, 2.75) is 19.6 Å². The quantitative estimate of drug-likeness (QED) is 0.209. The largest absolute Gasteiger partial charge is 0.492 e. The Morgan fingerprint density at radius 3 is 1.68 bits per heavy atom. The first-order valence-corrected chi connectivity index (χ1v) is 12.1. The third kappa shape index (κ3) is 6.64. The molecule has 5 heteroatoms. The van der Waals surface area contributed by atoms with E-state index >= 15 is 0 Å². The molecule has 4 rings (SSSR count). The maximum Gasteiger partial charge on any atom is 0.203 e. The summed E-state index contributed by atoms with van der Waals surface area (Å²) in [7, 11) is 4.92. The summed E-state index contributed by atoms with van der Waals surface area (Å²) in [4.78, 5) is 0. The third-order valence-electron chi connectivity index (χ3n) is 5.89. The number of hydrogen-bond acceptors (Lipinski definition) is 5. The second-order valence-corrected chi connectivity index (χ2v) is 8.32. The van der Waals surface area contributed by atoms with Gasteiger partial charge in [0.05, 0.1) is 21.3 Å². The van der Waals surface area contributed by atoms with Gasteiger partial charge in [-0.05, 0) is 29.7 Å². The van der Waals surface area contributed by atoms with E-state index in [9.17, 15) is 0 Å². The molecule has 190 valence electrons. The van der Waals surface area contributed by atoms with Gasteiger partial charge in [-0.25, -0.2) is 0 Å². The van der Waals surface area contributed by atoms with Crippen LogP contribution in [0.4, 0.5) is 0 Å². The van der Waals surface area contributed by atoms with Gasteiger partial charge in [-0.2, -0.15) is 0 Å². The van der Waals surface area contributed by atoms with Crippen LogP contribution in [0.3, 0.4) is 0 Å². The lowest BCUT2D eigenvalue weighted by atomic mass is 10.1. The fourth-order valence-corrected chi connectivity index (χ4v) is 4.06. The Bertz CT molecular complexity index is 1300. The zero-order valence-corrected chi connectivity index (χ0v) is 21.5. The van der Waals surface area contributed by atoms with Gasteiger partial charge in [-0.1, -0.05) is 91.0 Å². The van der Waals surface area contributed by atoms with Gasteiger partial charge in [0.2, 0.25) is 5.75 Å². The van der Waals surface area contributed by atoms with Gasteiger partial charge in [-0.15, -0.1) is 0 Å². The van der Waals surface area contributed by atoms with Crippen LogP contribution in [0, 0.1) is 0 Å². The maximum atomic E-state index is 6.04. The molecule has 5 nitrogen and oxygen atoms in total. The average Bonchev–Trinajstić information content (AvgIpc) is 2.96. The number of methoxy groups -OCH3 is 3. The van der Waals surface area contributed by atoms with Gasteiger partial charge in [-0.3, -0.25) is 0 Å². The number of allylic oxidation sites excluding steroid dienone is 1. The Balaban J connectivity index is 1.48. The van der Waals surface area contributed by atoms with Crippen LogP contribution in [-0.4, -0.2) is 21.3 Å². The van der Waals surface area contributed by atoms with Gasteiger partial charge in [0, 0.05) is 11.1 Å². The smallest absolute Gasteiger partial charge is 0.203 e. The molecule has 0 unspecified atom stereocenters. The molecule has 0 aromatic heterocycles. The molecule has 4 aromatic rings. The van der Waals surface area contributed by atoms with Crippen molar-refractivity contribution in [1.82, 2.24) is 0 Å². The monoisotopic (exact) mass is 496 g/mol. The van der Waals surface area contributed by atoms with Crippen LogP contribution < -0.4 is 23.7 Å². The molecule has 0 aliphatic rings. The van der Waals surface area contributed by atoms with Gasteiger partial charge >= 0.3 is 0 Å². The predicted molar refractivity (Wildman–Crippen MR) is 147 cm³/mol. The highest BCUT2D eigenvalue weighted by atomic mass is 16.5. The van der Waals surface area contributed by atoms with Crippen LogP contribution in [-0.2, 0) is 19.6 Å². The Morgan fingerprint density at radius 1 is 0.541 bits per heavy atom. The molecule has 4 aromatic carbocycles. The number of rotatable bonds is 12. The summed E-state index contributed by atoms with van der Waals surface area (Å²) in [6.45, 7) is 0.919. The molecule has 0 bridgehead atoms. The highest BCUT2D eigenvalue weighted by molar-refractivity contribution is 5.63. The average molecular weight is 497 g/mol. The Labute approximate surface area is 218 Å². The lowest BCUT2D eigenvalue weighted by Gasteiger charge is -2.16. The van der Waals surface area contributed by atoms with Crippen molar-refractivity contribution in [1.29, 1.82) is 0 Å². The Morgan fingerprint density at radius 2 is 1.11 bits per heavy atom. The fraction of sp³-hybridized carbons (Fsp3) is 0.188. The molecule has 0 amide bonds. The first-order chi connectivity index (χ1) is 18.2. The van der Waals surface area contributed by atoms with Crippen molar-refractivity contribution < 1.29 is 23.7 Å². The first-order valence-electron chi connectivity index (χ1n) is 12.1. The molecule has 0 aliphatic carbocycles. The second kappa shape index (κ2) is 13.1. The summed E-state index contributed by atoms with van der Waals surface area (Å²) in [5.41, 5.74) is 4.10. The van der Waals surface area contributed by atoms with E-state index < -0.39 is 0 Å². The SMILES string of the molecule is COc1c(/C=C/Cc2ccc(OCc3ccccc3)c(OC)c2OC)cccc1OCc1ccccc1. The van der Waals surface area contributed by atoms with E-state index in [2.05, 4.69) is 6.08 Å².